The molecule has 2 aromatic rings. The van der Waals surface area contributed by atoms with Crippen LogP contribution in [0, 0.1) is 10.1 Å². The van der Waals surface area contributed by atoms with E-state index in [0.29, 0.717) is 16.5 Å². The van der Waals surface area contributed by atoms with E-state index in [4.69, 9.17) is 14.2 Å². The second-order valence-corrected chi connectivity index (χ2v) is 5.50. The lowest BCUT2D eigenvalue weighted by molar-refractivity contribution is -0.383. The van der Waals surface area contributed by atoms with Gasteiger partial charge < -0.3 is 19.1 Å². The highest BCUT2D eigenvalue weighted by Gasteiger charge is 2.33. The van der Waals surface area contributed by atoms with Crippen LogP contribution >= 0.6 is 0 Å². The van der Waals surface area contributed by atoms with Crippen LogP contribution in [0.2, 0.25) is 0 Å². The number of fused-ring (bicyclic) bond motifs is 1. The van der Waals surface area contributed by atoms with Crippen LogP contribution in [0.5, 0.6) is 0 Å². The summed E-state index contributed by atoms with van der Waals surface area (Å²) >= 11 is 0. The molecule has 0 spiro atoms. The maximum atomic E-state index is 12.4. The molecule has 1 aliphatic rings. The predicted octanol–water partition coefficient (Wildman–Crippen LogP) is 1.54. The number of rotatable bonds is 4. The van der Waals surface area contributed by atoms with Crippen LogP contribution in [0.25, 0.3) is 10.8 Å². The van der Waals surface area contributed by atoms with Crippen molar-refractivity contribution in [1.29, 1.82) is 0 Å². The summed E-state index contributed by atoms with van der Waals surface area (Å²) < 4.78 is 15.0. The first-order valence-electron chi connectivity index (χ1n) is 7.75. The summed E-state index contributed by atoms with van der Waals surface area (Å²) in [4.78, 5) is 40.7. The number of aromatic nitrogens is 1. The summed E-state index contributed by atoms with van der Waals surface area (Å²) in [5.41, 5.74) is 0.247. The van der Waals surface area contributed by atoms with Gasteiger partial charge in [0.1, 0.15) is 12.4 Å². The number of methoxy groups -OCH3 is 2. The Morgan fingerprint density at radius 1 is 1.19 bits per heavy atom. The van der Waals surface area contributed by atoms with Gasteiger partial charge in [0.15, 0.2) is 0 Å². The minimum atomic E-state index is -0.755. The molecule has 10 nitrogen and oxygen atoms in total. The molecule has 0 radical (unpaired) electrons. The maximum Gasteiger partial charge on any atom is 0.355 e. The van der Waals surface area contributed by atoms with Gasteiger partial charge in [0.2, 0.25) is 0 Å². The molecule has 0 saturated carbocycles. The number of esters is 2. The number of nitrogens with zero attached hydrogens (tertiary/aromatic N) is 3. The van der Waals surface area contributed by atoms with Gasteiger partial charge in [-0.1, -0.05) is 0 Å². The Morgan fingerprint density at radius 3 is 2.59 bits per heavy atom. The third kappa shape index (κ3) is 3.17. The molecular formula is C17H15N3O7. The van der Waals surface area contributed by atoms with E-state index in [1.807, 2.05) is 0 Å². The zero-order valence-electron chi connectivity index (χ0n) is 14.5. The van der Waals surface area contributed by atoms with Crippen molar-refractivity contribution in [1.82, 2.24) is 4.98 Å². The van der Waals surface area contributed by atoms with Gasteiger partial charge in [0, 0.05) is 23.8 Å². The first-order valence-corrected chi connectivity index (χ1v) is 7.75. The number of hydrogen-bond donors (Lipinski definition) is 0. The Morgan fingerprint density at radius 2 is 1.93 bits per heavy atom. The van der Waals surface area contributed by atoms with Crippen molar-refractivity contribution in [3.05, 3.63) is 52.0 Å². The van der Waals surface area contributed by atoms with E-state index < -0.39 is 16.9 Å². The quantitative estimate of drug-likeness (QED) is 0.446. The van der Waals surface area contributed by atoms with Gasteiger partial charge in [-0.25, -0.2) is 9.59 Å². The summed E-state index contributed by atoms with van der Waals surface area (Å²) in [5, 5.41) is 12.1. The lowest BCUT2D eigenvalue weighted by atomic mass is 10.1. The number of ether oxygens (including phenoxy) is 3. The van der Waals surface area contributed by atoms with Gasteiger partial charge >= 0.3 is 11.9 Å². The topological polar surface area (TPSA) is 121 Å². The average molecular weight is 373 g/mol. The first-order chi connectivity index (χ1) is 13.0. The van der Waals surface area contributed by atoms with Crippen molar-refractivity contribution in [2.45, 2.75) is 0 Å². The smallest absolute Gasteiger partial charge is 0.355 e. The molecule has 1 aromatic heterocycles. The molecular weight excluding hydrogens is 358 g/mol. The van der Waals surface area contributed by atoms with Crippen molar-refractivity contribution in [2.24, 2.45) is 0 Å². The van der Waals surface area contributed by atoms with Crippen LogP contribution in [-0.2, 0) is 23.8 Å². The molecule has 10 heteroatoms. The minimum Gasteiger partial charge on any atom is -0.466 e. The zero-order chi connectivity index (χ0) is 19.6. The van der Waals surface area contributed by atoms with Crippen LogP contribution in [-0.4, -0.2) is 49.4 Å². The van der Waals surface area contributed by atoms with Gasteiger partial charge in [-0.05, 0) is 12.1 Å². The highest BCUT2D eigenvalue weighted by atomic mass is 16.6. The standard InChI is InChI=1S/C17H15N3O7/c1-25-16(21)12-8-27-9-19(15(12)17(22)26-2)13-3-4-14(20(23)24)10-5-6-18-7-11(10)13/h3-7H,8-9H2,1-2H3. The van der Waals surface area contributed by atoms with Gasteiger partial charge in [-0.15, -0.1) is 0 Å². The van der Waals surface area contributed by atoms with E-state index in [1.54, 1.807) is 0 Å². The van der Waals surface area contributed by atoms with E-state index in [0.717, 1.165) is 0 Å². The first kappa shape index (κ1) is 18.3. The fraction of sp³-hybridized carbons (Fsp3) is 0.235. The minimum absolute atomic E-state index is 0.00834. The molecule has 27 heavy (non-hydrogen) atoms. The van der Waals surface area contributed by atoms with Crippen molar-refractivity contribution in [2.75, 3.05) is 32.5 Å². The highest BCUT2D eigenvalue weighted by molar-refractivity contribution is 6.07. The molecule has 0 atom stereocenters. The van der Waals surface area contributed by atoms with Crippen molar-refractivity contribution < 1.29 is 28.7 Å². The van der Waals surface area contributed by atoms with Gasteiger partial charge in [-0.2, -0.15) is 0 Å². The number of carbonyl (C=O) groups excluding carboxylic acids is 2. The van der Waals surface area contributed by atoms with E-state index in [2.05, 4.69) is 4.98 Å². The number of nitro benzene ring substituents is 1. The number of carbonyl (C=O) groups is 2. The Kier molecular flexibility index (Phi) is 4.99. The summed E-state index contributed by atoms with van der Waals surface area (Å²) in [7, 11) is 2.38. The molecule has 1 aliphatic heterocycles. The molecule has 0 N–H and O–H groups in total. The molecule has 0 aliphatic carbocycles. The predicted molar refractivity (Wildman–Crippen MR) is 92.8 cm³/mol. The van der Waals surface area contributed by atoms with Crippen molar-refractivity contribution in [3.8, 4) is 0 Å². The average Bonchev–Trinajstić information content (AvgIpc) is 2.71. The van der Waals surface area contributed by atoms with Crippen molar-refractivity contribution in [3.63, 3.8) is 0 Å². The number of pyridine rings is 1. The molecule has 0 saturated heterocycles. The Balaban J connectivity index is 2.26. The lowest BCUT2D eigenvalue weighted by Gasteiger charge is -2.31. The van der Waals surface area contributed by atoms with E-state index in [1.165, 1.54) is 49.7 Å². The number of hydrogen-bond acceptors (Lipinski definition) is 9. The van der Waals surface area contributed by atoms with Gasteiger partial charge in [0.05, 0.1) is 42.4 Å². The Bertz CT molecular complexity index is 970. The second kappa shape index (κ2) is 7.38. The molecule has 0 bridgehead atoms. The lowest BCUT2D eigenvalue weighted by Crippen LogP contribution is -2.38. The molecule has 0 unspecified atom stereocenters. The summed E-state index contributed by atoms with van der Waals surface area (Å²) in [6, 6.07) is 4.29. The SMILES string of the molecule is COC(=O)C1=C(C(=O)OC)N(c2ccc([N+](=O)[O-])c3ccncc23)COC1. The number of non-ortho nitro benzene ring substituents is 1. The highest BCUT2D eigenvalue weighted by Crippen LogP contribution is 2.36. The third-order valence-electron chi connectivity index (χ3n) is 4.09. The maximum absolute atomic E-state index is 12.4. The molecule has 140 valence electrons. The monoisotopic (exact) mass is 373 g/mol. The van der Waals surface area contributed by atoms with Crippen LogP contribution in [0.4, 0.5) is 11.4 Å². The molecule has 0 fully saturated rings. The summed E-state index contributed by atoms with van der Waals surface area (Å²) in [6.07, 6.45) is 2.88. The van der Waals surface area contributed by atoms with Crippen LogP contribution in [0.15, 0.2) is 41.9 Å². The van der Waals surface area contributed by atoms with Crippen molar-refractivity contribution >= 4 is 34.1 Å². The molecule has 0 amide bonds. The number of nitro groups is 1. The van der Waals surface area contributed by atoms with Gasteiger partial charge in [-0.3, -0.25) is 15.1 Å². The molecule has 3 rings (SSSR count). The fourth-order valence-electron chi connectivity index (χ4n) is 2.89. The molecule has 2 heterocycles. The van der Waals surface area contributed by atoms with E-state index in [9.17, 15) is 19.7 Å². The summed E-state index contributed by atoms with van der Waals surface area (Å²) in [5.74, 6) is -1.49. The third-order valence-corrected chi connectivity index (χ3v) is 4.09. The Hall–Kier alpha value is -3.53. The summed E-state index contributed by atoms with van der Waals surface area (Å²) in [6.45, 7) is -0.191. The van der Waals surface area contributed by atoms with E-state index >= 15 is 0 Å². The van der Waals surface area contributed by atoms with Crippen LogP contribution in [0.3, 0.4) is 0 Å². The normalized spacial score (nSPS) is 14.2. The van der Waals surface area contributed by atoms with E-state index in [-0.39, 0.29) is 30.3 Å². The Labute approximate surface area is 153 Å². The molecule has 1 aromatic carbocycles. The van der Waals surface area contributed by atoms with Gasteiger partial charge in [0.25, 0.3) is 5.69 Å². The zero-order valence-corrected chi connectivity index (χ0v) is 14.5. The number of benzene rings is 1. The van der Waals surface area contributed by atoms with Crippen LogP contribution in [0.1, 0.15) is 0 Å². The fourth-order valence-corrected chi connectivity index (χ4v) is 2.89. The second-order valence-electron chi connectivity index (χ2n) is 5.50. The number of anilines is 1. The largest absolute Gasteiger partial charge is 0.466 e. The van der Waals surface area contributed by atoms with Crippen LogP contribution < -0.4 is 4.90 Å².